The zero-order chi connectivity index (χ0) is 20.0. The first kappa shape index (κ1) is 18.5. The molecule has 28 heavy (non-hydrogen) atoms. The van der Waals surface area contributed by atoms with Gasteiger partial charge in [-0.2, -0.15) is 0 Å². The van der Waals surface area contributed by atoms with Gasteiger partial charge in [0.1, 0.15) is 11.6 Å². The summed E-state index contributed by atoms with van der Waals surface area (Å²) in [5, 5.41) is 0. The molecule has 0 saturated heterocycles. The predicted molar refractivity (Wildman–Crippen MR) is 103 cm³/mol. The minimum Gasteiger partial charge on any atom is -0.207 e. The van der Waals surface area contributed by atoms with Crippen molar-refractivity contribution in [2.45, 2.75) is 25.7 Å². The first-order valence-electron chi connectivity index (χ1n) is 9.06. The van der Waals surface area contributed by atoms with Crippen molar-refractivity contribution >= 4 is 0 Å². The van der Waals surface area contributed by atoms with Crippen LogP contribution in [-0.4, -0.2) is 0 Å². The topological polar surface area (TPSA) is 0 Å². The van der Waals surface area contributed by atoms with Gasteiger partial charge in [-0.1, -0.05) is 48.6 Å². The van der Waals surface area contributed by atoms with E-state index in [0.29, 0.717) is 11.1 Å². The molecule has 0 unspecified atom stereocenters. The summed E-state index contributed by atoms with van der Waals surface area (Å²) < 4.78 is 57.7. The predicted octanol–water partition coefficient (Wildman–Crippen LogP) is 7.32. The molecule has 4 heteroatoms. The minimum absolute atomic E-state index is 0.0303. The normalized spacial score (nSPS) is 14.2. The summed E-state index contributed by atoms with van der Waals surface area (Å²) in [5.41, 5.74) is 2.53. The Morgan fingerprint density at radius 2 is 1.29 bits per heavy atom. The van der Waals surface area contributed by atoms with Gasteiger partial charge in [-0.05, 0) is 60.1 Å². The van der Waals surface area contributed by atoms with E-state index in [1.807, 2.05) is 0 Å². The van der Waals surface area contributed by atoms with E-state index in [1.165, 1.54) is 36.4 Å². The van der Waals surface area contributed by atoms with Crippen LogP contribution in [0.1, 0.15) is 29.9 Å². The molecular formula is C24H18F4. The lowest BCUT2D eigenvalue weighted by molar-refractivity contribution is 0.509. The molecule has 3 aromatic carbocycles. The van der Waals surface area contributed by atoms with E-state index in [0.717, 1.165) is 18.4 Å². The molecule has 0 atom stereocenters. The van der Waals surface area contributed by atoms with Gasteiger partial charge < -0.3 is 0 Å². The summed E-state index contributed by atoms with van der Waals surface area (Å²) in [4.78, 5) is 0. The Morgan fingerprint density at radius 3 is 1.79 bits per heavy atom. The lowest BCUT2D eigenvalue weighted by atomic mass is 9.76. The highest BCUT2D eigenvalue weighted by molar-refractivity contribution is 5.72. The molecule has 1 aliphatic rings. The summed E-state index contributed by atoms with van der Waals surface area (Å²) in [5.74, 6) is -2.98. The lowest BCUT2D eigenvalue weighted by Gasteiger charge is -2.29. The first-order chi connectivity index (χ1) is 13.3. The van der Waals surface area contributed by atoms with Crippen molar-refractivity contribution in [3.8, 4) is 22.3 Å². The molecule has 0 nitrogen and oxygen atoms in total. The highest BCUT2D eigenvalue weighted by atomic mass is 19.2. The van der Waals surface area contributed by atoms with Crippen molar-refractivity contribution in [3.63, 3.8) is 0 Å². The van der Waals surface area contributed by atoms with Crippen molar-refractivity contribution in [3.05, 3.63) is 95.1 Å². The number of hydrogen-bond acceptors (Lipinski definition) is 0. The molecule has 0 radical (unpaired) electrons. The van der Waals surface area contributed by atoms with E-state index in [-0.39, 0.29) is 28.2 Å². The van der Waals surface area contributed by atoms with Crippen molar-refractivity contribution in [2.75, 3.05) is 0 Å². The van der Waals surface area contributed by atoms with Crippen LogP contribution in [0.5, 0.6) is 0 Å². The Balaban J connectivity index is 1.71. The third-order valence-electron chi connectivity index (χ3n) is 5.39. The molecule has 0 aromatic heterocycles. The zero-order valence-corrected chi connectivity index (χ0v) is 15.3. The molecule has 1 fully saturated rings. The molecule has 0 bridgehead atoms. The Labute approximate surface area is 161 Å². The van der Waals surface area contributed by atoms with Gasteiger partial charge >= 0.3 is 0 Å². The summed E-state index contributed by atoms with van der Waals surface area (Å²) in [6.45, 7) is 5.45. The summed E-state index contributed by atoms with van der Waals surface area (Å²) >= 11 is 0. The van der Waals surface area contributed by atoms with Gasteiger partial charge in [-0.25, -0.2) is 17.6 Å². The lowest BCUT2D eigenvalue weighted by Crippen LogP contribution is -2.13. The summed E-state index contributed by atoms with van der Waals surface area (Å²) in [7, 11) is 0. The largest absolute Gasteiger partial charge is 0.207 e. The van der Waals surface area contributed by atoms with Crippen LogP contribution in [0, 0.1) is 30.2 Å². The van der Waals surface area contributed by atoms with Gasteiger partial charge in [0.25, 0.3) is 0 Å². The van der Waals surface area contributed by atoms with Gasteiger partial charge in [0.15, 0.2) is 11.6 Å². The molecule has 0 amide bonds. The van der Waals surface area contributed by atoms with Crippen LogP contribution in [0.3, 0.4) is 0 Å². The Hall–Kier alpha value is -2.88. The molecular weight excluding hydrogens is 364 g/mol. The SMILES string of the molecule is C=C1CC(c2ccc(-c3ccc(-c4ccc(C)c(F)c4)c(F)c3F)cc2F)C1. The quantitative estimate of drug-likeness (QED) is 0.329. The number of hydrogen-bond donors (Lipinski definition) is 0. The fourth-order valence-corrected chi connectivity index (χ4v) is 3.64. The molecule has 0 spiro atoms. The number of halogens is 4. The van der Waals surface area contributed by atoms with Crippen LogP contribution < -0.4 is 0 Å². The molecule has 0 N–H and O–H groups in total. The maximum absolute atomic E-state index is 14.7. The number of allylic oxidation sites excluding steroid dienone is 1. The van der Waals surface area contributed by atoms with Crippen molar-refractivity contribution in [1.82, 2.24) is 0 Å². The maximum atomic E-state index is 14.7. The van der Waals surface area contributed by atoms with Gasteiger partial charge in [0, 0.05) is 11.1 Å². The number of rotatable bonds is 3. The van der Waals surface area contributed by atoms with E-state index in [1.54, 1.807) is 19.1 Å². The highest BCUT2D eigenvalue weighted by Gasteiger charge is 2.26. The molecule has 4 rings (SSSR count). The molecule has 1 saturated carbocycles. The second kappa shape index (κ2) is 6.93. The van der Waals surface area contributed by atoms with Crippen LogP contribution >= 0.6 is 0 Å². The number of aryl methyl sites for hydroxylation is 1. The third-order valence-corrected chi connectivity index (χ3v) is 5.39. The van der Waals surface area contributed by atoms with Crippen LogP contribution in [0.15, 0.2) is 60.7 Å². The van der Waals surface area contributed by atoms with E-state index in [9.17, 15) is 17.6 Å². The van der Waals surface area contributed by atoms with Crippen LogP contribution in [0.2, 0.25) is 0 Å². The zero-order valence-electron chi connectivity index (χ0n) is 15.3. The second-order valence-corrected chi connectivity index (χ2v) is 7.34. The summed E-state index contributed by atoms with van der Waals surface area (Å²) in [6, 6.07) is 11.5. The van der Waals surface area contributed by atoms with Crippen LogP contribution in [0.25, 0.3) is 22.3 Å². The molecule has 0 aliphatic heterocycles. The van der Waals surface area contributed by atoms with Crippen LogP contribution in [0.4, 0.5) is 17.6 Å². The van der Waals surface area contributed by atoms with E-state index in [4.69, 9.17) is 0 Å². The molecule has 142 valence electrons. The molecule has 0 heterocycles. The van der Waals surface area contributed by atoms with Gasteiger partial charge in [-0.3, -0.25) is 0 Å². The Morgan fingerprint density at radius 1 is 0.750 bits per heavy atom. The molecule has 3 aromatic rings. The third kappa shape index (κ3) is 3.13. The van der Waals surface area contributed by atoms with E-state index < -0.39 is 23.3 Å². The Bertz CT molecular complexity index is 1090. The average Bonchev–Trinajstić information content (AvgIpc) is 2.64. The fourth-order valence-electron chi connectivity index (χ4n) is 3.64. The first-order valence-corrected chi connectivity index (χ1v) is 9.06. The second-order valence-electron chi connectivity index (χ2n) is 7.34. The van der Waals surface area contributed by atoms with Crippen LogP contribution in [-0.2, 0) is 0 Å². The maximum Gasteiger partial charge on any atom is 0.167 e. The van der Waals surface area contributed by atoms with Gasteiger partial charge in [-0.15, -0.1) is 0 Å². The summed E-state index contributed by atoms with van der Waals surface area (Å²) in [6.07, 6.45) is 1.50. The number of benzene rings is 3. The monoisotopic (exact) mass is 382 g/mol. The highest BCUT2D eigenvalue weighted by Crippen LogP contribution is 2.42. The van der Waals surface area contributed by atoms with Gasteiger partial charge in [0.05, 0.1) is 0 Å². The van der Waals surface area contributed by atoms with Crippen molar-refractivity contribution in [1.29, 1.82) is 0 Å². The van der Waals surface area contributed by atoms with Crippen molar-refractivity contribution < 1.29 is 17.6 Å². The van der Waals surface area contributed by atoms with Gasteiger partial charge in [0.2, 0.25) is 0 Å². The fraction of sp³-hybridized carbons (Fsp3) is 0.167. The van der Waals surface area contributed by atoms with E-state index in [2.05, 4.69) is 6.58 Å². The standard InChI is InChI=1S/C24H18F4/c1-13-9-17(10-13)18-6-5-16(12-22(18)26)20-8-7-19(23(27)24(20)28)15-4-3-14(2)21(25)11-15/h3-8,11-12,17H,1,9-10H2,2H3. The average molecular weight is 382 g/mol. The molecule has 1 aliphatic carbocycles. The van der Waals surface area contributed by atoms with Crippen molar-refractivity contribution in [2.24, 2.45) is 0 Å². The van der Waals surface area contributed by atoms with E-state index >= 15 is 0 Å². The smallest absolute Gasteiger partial charge is 0.167 e. The minimum atomic E-state index is -1.08. The Kier molecular flexibility index (Phi) is 4.58.